The molecule has 1 saturated carbocycles. The minimum atomic E-state index is -4.82. The van der Waals surface area contributed by atoms with Crippen LogP contribution in [0.3, 0.4) is 0 Å². The Morgan fingerprint density at radius 1 is 1.10 bits per heavy atom. The Bertz CT molecular complexity index is 1220. The molecular weight excluding hydrogens is 543 g/mol. The molecule has 41 heavy (non-hydrogen) atoms. The molecule has 1 aliphatic carbocycles. The molecule has 13 heteroatoms. The van der Waals surface area contributed by atoms with Crippen LogP contribution in [0.5, 0.6) is 5.75 Å². The zero-order valence-corrected chi connectivity index (χ0v) is 22.6. The SMILES string of the molecule is O=C(CC1CCCO1)N1CCN(c2cc(OC3CCC(Nc4ccc([N+](=O)[O-])c(C(F)(F)F)c4)CC3)ccn2)CC1. The Balaban J connectivity index is 1.09. The van der Waals surface area contributed by atoms with Gasteiger partial charge in [0, 0.05) is 62.8 Å². The van der Waals surface area contributed by atoms with Crippen LogP contribution >= 0.6 is 0 Å². The number of piperazine rings is 1. The first-order chi connectivity index (χ1) is 19.7. The third kappa shape index (κ3) is 7.38. The Hall–Kier alpha value is -3.61. The van der Waals surface area contributed by atoms with E-state index < -0.39 is 22.4 Å². The van der Waals surface area contributed by atoms with Crippen molar-refractivity contribution in [2.24, 2.45) is 0 Å². The van der Waals surface area contributed by atoms with E-state index in [1.807, 2.05) is 17.0 Å². The van der Waals surface area contributed by atoms with Crippen molar-refractivity contribution in [3.8, 4) is 5.75 Å². The van der Waals surface area contributed by atoms with Crippen LogP contribution in [0.1, 0.15) is 50.5 Å². The molecule has 222 valence electrons. The number of rotatable bonds is 8. The fraction of sp³-hybridized carbons (Fsp3) is 0.571. The molecule has 1 amide bonds. The van der Waals surface area contributed by atoms with E-state index in [0.29, 0.717) is 64.0 Å². The fourth-order valence-electron chi connectivity index (χ4n) is 5.73. The maximum absolute atomic E-state index is 13.3. The van der Waals surface area contributed by atoms with E-state index in [4.69, 9.17) is 9.47 Å². The van der Waals surface area contributed by atoms with Crippen LogP contribution in [-0.4, -0.2) is 71.8 Å². The zero-order valence-electron chi connectivity index (χ0n) is 22.6. The van der Waals surface area contributed by atoms with E-state index in [0.717, 1.165) is 37.4 Å². The molecule has 10 nitrogen and oxygen atoms in total. The number of halogens is 3. The molecule has 1 aromatic carbocycles. The monoisotopic (exact) mass is 577 g/mol. The number of hydrogen-bond donors (Lipinski definition) is 1. The highest BCUT2D eigenvalue weighted by Crippen LogP contribution is 2.38. The van der Waals surface area contributed by atoms with Gasteiger partial charge in [-0.1, -0.05) is 0 Å². The first kappa shape index (κ1) is 28.9. The first-order valence-electron chi connectivity index (χ1n) is 14.0. The van der Waals surface area contributed by atoms with Gasteiger partial charge in [-0.05, 0) is 56.7 Å². The van der Waals surface area contributed by atoms with Gasteiger partial charge in [-0.3, -0.25) is 14.9 Å². The van der Waals surface area contributed by atoms with Gasteiger partial charge in [-0.15, -0.1) is 0 Å². The number of nitrogens with zero attached hydrogens (tertiary/aromatic N) is 4. The maximum Gasteiger partial charge on any atom is 0.423 e. The van der Waals surface area contributed by atoms with Crippen molar-refractivity contribution in [1.29, 1.82) is 0 Å². The van der Waals surface area contributed by atoms with E-state index in [1.54, 1.807) is 6.20 Å². The summed E-state index contributed by atoms with van der Waals surface area (Å²) in [5.74, 6) is 1.64. The lowest BCUT2D eigenvalue weighted by Gasteiger charge is -2.36. The third-order valence-electron chi connectivity index (χ3n) is 7.95. The van der Waals surface area contributed by atoms with Crippen molar-refractivity contribution in [2.45, 2.75) is 69.4 Å². The molecular formula is C28H34F3N5O5. The highest BCUT2D eigenvalue weighted by Gasteiger charge is 2.38. The van der Waals surface area contributed by atoms with Crippen molar-refractivity contribution in [3.63, 3.8) is 0 Å². The predicted octanol–water partition coefficient (Wildman–Crippen LogP) is 5.03. The summed E-state index contributed by atoms with van der Waals surface area (Å²) in [5, 5.41) is 14.1. The minimum absolute atomic E-state index is 0.0434. The highest BCUT2D eigenvalue weighted by molar-refractivity contribution is 5.77. The van der Waals surface area contributed by atoms with Gasteiger partial charge < -0.3 is 24.6 Å². The maximum atomic E-state index is 13.3. The van der Waals surface area contributed by atoms with Gasteiger partial charge in [-0.25, -0.2) is 4.98 Å². The second kappa shape index (κ2) is 12.5. The van der Waals surface area contributed by atoms with Gasteiger partial charge in [0.2, 0.25) is 5.91 Å². The summed E-state index contributed by atoms with van der Waals surface area (Å²) in [6.45, 7) is 3.37. The number of benzene rings is 1. The zero-order chi connectivity index (χ0) is 29.0. The smallest absolute Gasteiger partial charge is 0.423 e. The van der Waals surface area contributed by atoms with Crippen molar-refractivity contribution < 1.29 is 32.4 Å². The van der Waals surface area contributed by atoms with Gasteiger partial charge in [0.25, 0.3) is 5.69 Å². The van der Waals surface area contributed by atoms with E-state index in [9.17, 15) is 28.1 Å². The van der Waals surface area contributed by atoms with Crippen LogP contribution in [0.2, 0.25) is 0 Å². The summed E-state index contributed by atoms with van der Waals surface area (Å²) in [6.07, 6.45) is 2.09. The van der Waals surface area contributed by atoms with Crippen LogP contribution in [0.4, 0.5) is 30.4 Å². The van der Waals surface area contributed by atoms with E-state index in [2.05, 4.69) is 15.2 Å². The number of anilines is 2. The molecule has 1 unspecified atom stereocenters. The number of alkyl halides is 3. The second-order valence-corrected chi connectivity index (χ2v) is 10.8. The van der Waals surface area contributed by atoms with Gasteiger partial charge >= 0.3 is 6.18 Å². The average molecular weight is 578 g/mol. The summed E-state index contributed by atoms with van der Waals surface area (Å²) in [4.78, 5) is 31.1. The second-order valence-electron chi connectivity index (χ2n) is 10.8. The molecule has 0 radical (unpaired) electrons. The van der Waals surface area contributed by atoms with Gasteiger partial charge in [0.05, 0.1) is 23.6 Å². The quantitative estimate of drug-likeness (QED) is 0.344. The fourth-order valence-corrected chi connectivity index (χ4v) is 5.73. The standard InChI is InChI=1S/C28H34F3N5O5/c29-28(30,31)24-16-20(5-8-25(24)36(38)39)33-19-3-6-21(7-4-19)41-23-9-10-32-26(17-23)34-11-13-35(14-12-34)27(37)18-22-2-1-15-40-22/h5,8-10,16-17,19,21-22,33H,1-4,6-7,11-15,18H2. The molecule has 2 aliphatic heterocycles. The van der Waals surface area contributed by atoms with E-state index in [1.165, 1.54) is 6.07 Å². The van der Waals surface area contributed by atoms with Crippen molar-refractivity contribution in [2.75, 3.05) is 43.0 Å². The number of nitro benzene ring substituents is 1. The summed E-state index contributed by atoms with van der Waals surface area (Å²) in [7, 11) is 0. The van der Waals surface area contributed by atoms with E-state index >= 15 is 0 Å². The Morgan fingerprint density at radius 2 is 1.85 bits per heavy atom. The molecule has 3 fully saturated rings. The van der Waals surface area contributed by atoms with Crippen molar-refractivity contribution in [1.82, 2.24) is 9.88 Å². The minimum Gasteiger partial charge on any atom is -0.490 e. The summed E-state index contributed by atoms with van der Waals surface area (Å²) >= 11 is 0. The van der Waals surface area contributed by atoms with Gasteiger partial charge in [-0.2, -0.15) is 13.2 Å². The van der Waals surface area contributed by atoms with Crippen LogP contribution in [0.25, 0.3) is 0 Å². The van der Waals surface area contributed by atoms with Crippen LogP contribution in [0.15, 0.2) is 36.5 Å². The molecule has 1 N–H and O–H groups in total. The summed E-state index contributed by atoms with van der Waals surface area (Å²) < 4.78 is 51.8. The Kier molecular flexibility index (Phi) is 8.81. The number of carbonyl (C=O) groups is 1. The molecule has 0 bridgehead atoms. The number of hydrogen-bond acceptors (Lipinski definition) is 8. The highest BCUT2D eigenvalue weighted by atomic mass is 19.4. The Morgan fingerprint density at radius 3 is 2.51 bits per heavy atom. The Labute approximate surface area is 236 Å². The molecule has 3 heterocycles. The molecule has 1 atom stereocenters. The molecule has 3 aliphatic rings. The summed E-state index contributed by atoms with van der Waals surface area (Å²) in [6, 6.07) is 6.66. The number of nitrogens with one attached hydrogen (secondary N) is 1. The first-order valence-corrected chi connectivity index (χ1v) is 14.0. The predicted molar refractivity (Wildman–Crippen MR) is 145 cm³/mol. The third-order valence-corrected chi connectivity index (χ3v) is 7.95. The number of carbonyl (C=O) groups excluding carboxylic acids is 1. The number of amides is 1. The lowest BCUT2D eigenvalue weighted by molar-refractivity contribution is -0.388. The largest absolute Gasteiger partial charge is 0.490 e. The van der Waals surface area contributed by atoms with Crippen molar-refractivity contribution in [3.05, 3.63) is 52.2 Å². The molecule has 1 aromatic heterocycles. The van der Waals surface area contributed by atoms with Crippen molar-refractivity contribution >= 4 is 23.1 Å². The topological polar surface area (TPSA) is 110 Å². The van der Waals surface area contributed by atoms with Crippen LogP contribution < -0.4 is 15.0 Å². The average Bonchev–Trinajstić information content (AvgIpc) is 3.47. The number of aromatic nitrogens is 1. The van der Waals surface area contributed by atoms with Crippen LogP contribution in [0, 0.1) is 10.1 Å². The number of pyridine rings is 1. The lowest BCUT2D eigenvalue weighted by Crippen LogP contribution is -2.49. The van der Waals surface area contributed by atoms with Gasteiger partial charge in [0.15, 0.2) is 0 Å². The summed E-state index contributed by atoms with van der Waals surface area (Å²) in [5.41, 5.74) is -2.01. The van der Waals surface area contributed by atoms with Crippen LogP contribution in [-0.2, 0) is 15.7 Å². The normalized spacial score (nSPS) is 23.3. The van der Waals surface area contributed by atoms with Gasteiger partial charge in [0.1, 0.15) is 17.1 Å². The van der Waals surface area contributed by atoms with E-state index in [-0.39, 0.29) is 29.8 Å². The molecule has 5 rings (SSSR count). The molecule has 0 spiro atoms. The molecule has 2 saturated heterocycles. The number of nitro groups is 1. The lowest BCUT2D eigenvalue weighted by atomic mass is 9.92. The number of ether oxygens (including phenoxy) is 2. The molecule has 2 aromatic rings.